The van der Waals surface area contributed by atoms with Crippen LogP contribution in [-0.2, 0) is 11.3 Å². The number of carbonyl (C=O) groups is 1. The second-order valence-corrected chi connectivity index (χ2v) is 7.15. The first-order valence-electron chi connectivity index (χ1n) is 8.76. The van der Waals surface area contributed by atoms with Gasteiger partial charge in [0.1, 0.15) is 17.8 Å². The third-order valence-electron chi connectivity index (χ3n) is 4.69. The van der Waals surface area contributed by atoms with Crippen molar-refractivity contribution in [1.29, 1.82) is 0 Å². The molecule has 0 unspecified atom stereocenters. The molecule has 0 saturated heterocycles. The van der Waals surface area contributed by atoms with Gasteiger partial charge in [-0.15, -0.1) is 0 Å². The fourth-order valence-electron chi connectivity index (χ4n) is 3.05. The zero-order chi connectivity index (χ0) is 20.7. The summed E-state index contributed by atoms with van der Waals surface area (Å²) in [5.74, 6) is -1.05. The maximum atomic E-state index is 12.4. The molecule has 0 bridgehead atoms. The lowest BCUT2D eigenvalue weighted by Crippen LogP contribution is -2.11. The molecule has 0 N–H and O–H groups in total. The molecule has 0 amide bonds. The van der Waals surface area contributed by atoms with Gasteiger partial charge in [0.15, 0.2) is 5.43 Å². The Bertz CT molecular complexity index is 1400. The number of aryl methyl sites for hydroxylation is 2. The molecular weight excluding hydrogens is 396 g/mol. The number of hydrogen-bond donors (Lipinski definition) is 0. The molecule has 0 radical (unpaired) electrons. The molecule has 2 aromatic heterocycles. The Labute approximate surface area is 169 Å². The highest BCUT2D eigenvalue weighted by atomic mass is 35.5. The van der Waals surface area contributed by atoms with Crippen LogP contribution in [0.2, 0.25) is 5.02 Å². The molecule has 2 heterocycles. The van der Waals surface area contributed by atoms with Gasteiger partial charge in [0.25, 0.3) is 0 Å². The largest absolute Gasteiger partial charge is 0.455 e. The van der Waals surface area contributed by atoms with Crippen LogP contribution in [0.15, 0.2) is 60.9 Å². The van der Waals surface area contributed by atoms with Crippen molar-refractivity contribution in [3.8, 4) is 0 Å². The Balaban J connectivity index is 1.66. The van der Waals surface area contributed by atoms with Gasteiger partial charge in [0, 0.05) is 28.1 Å². The van der Waals surface area contributed by atoms with E-state index in [0.29, 0.717) is 21.6 Å². The molecule has 0 aliphatic heterocycles. The summed E-state index contributed by atoms with van der Waals surface area (Å²) < 4.78 is 16.0. The summed E-state index contributed by atoms with van der Waals surface area (Å²) in [6.07, 6.45) is 0. The Hall–Kier alpha value is -3.38. The van der Waals surface area contributed by atoms with E-state index in [1.807, 2.05) is 19.9 Å². The lowest BCUT2D eigenvalue weighted by molar-refractivity contribution is 0.0438. The van der Waals surface area contributed by atoms with E-state index in [2.05, 4.69) is 0 Å². The van der Waals surface area contributed by atoms with Gasteiger partial charge in [-0.05, 0) is 55.3 Å². The zero-order valence-corrected chi connectivity index (χ0v) is 16.3. The van der Waals surface area contributed by atoms with Crippen molar-refractivity contribution in [2.75, 3.05) is 0 Å². The van der Waals surface area contributed by atoms with Crippen LogP contribution in [0.3, 0.4) is 0 Å². The Morgan fingerprint density at radius 3 is 2.48 bits per heavy atom. The van der Waals surface area contributed by atoms with Crippen LogP contribution in [0.1, 0.15) is 27.2 Å². The van der Waals surface area contributed by atoms with Crippen molar-refractivity contribution in [2.45, 2.75) is 20.5 Å². The number of benzene rings is 2. The van der Waals surface area contributed by atoms with Gasteiger partial charge in [0.2, 0.25) is 5.76 Å². The van der Waals surface area contributed by atoms with E-state index < -0.39 is 17.0 Å². The summed E-state index contributed by atoms with van der Waals surface area (Å²) in [5.41, 5.74) is 2.19. The smallest absolute Gasteiger partial charge is 0.374 e. The second-order valence-electron chi connectivity index (χ2n) is 6.71. The molecule has 0 spiro atoms. The van der Waals surface area contributed by atoms with E-state index in [9.17, 15) is 14.4 Å². The highest BCUT2D eigenvalue weighted by Crippen LogP contribution is 2.23. The molecule has 6 nitrogen and oxygen atoms in total. The average molecular weight is 411 g/mol. The molecule has 29 heavy (non-hydrogen) atoms. The van der Waals surface area contributed by atoms with Crippen molar-refractivity contribution in [3.05, 3.63) is 90.6 Å². The SMILES string of the molecule is Cc1cc2oc(=O)cc(COC(=O)c3cc(=O)c4cc(Cl)ccc4o3)c2cc1C. The first-order valence-corrected chi connectivity index (χ1v) is 9.14. The van der Waals surface area contributed by atoms with Crippen molar-refractivity contribution in [2.24, 2.45) is 0 Å². The summed E-state index contributed by atoms with van der Waals surface area (Å²) in [7, 11) is 0. The molecule has 0 fully saturated rings. The van der Waals surface area contributed by atoms with E-state index in [-0.39, 0.29) is 23.3 Å². The molecule has 0 aliphatic carbocycles. The fourth-order valence-corrected chi connectivity index (χ4v) is 3.22. The van der Waals surface area contributed by atoms with Crippen LogP contribution in [-0.4, -0.2) is 5.97 Å². The van der Waals surface area contributed by atoms with Crippen LogP contribution in [0.25, 0.3) is 21.9 Å². The molecular formula is C22H15ClO6. The quantitative estimate of drug-likeness (QED) is 0.364. The lowest BCUT2D eigenvalue weighted by Gasteiger charge is -2.09. The zero-order valence-electron chi connectivity index (χ0n) is 15.6. The maximum absolute atomic E-state index is 12.4. The van der Waals surface area contributed by atoms with Gasteiger partial charge in [-0.3, -0.25) is 4.79 Å². The molecule has 0 atom stereocenters. The Kier molecular flexibility index (Phi) is 4.72. The van der Waals surface area contributed by atoms with E-state index >= 15 is 0 Å². The van der Waals surface area contributed by atoms with Gasteiger partial charge in [0.05, 0.1) is 5.39 Å². The summed E-state index contributed by atoms with van der Waals surface area (Å²) in [6.45, 7) is 3.67. The maximum Gasteiger partial charge on any atom is 0.374 e. The third-order valence-corrected chi connectivity index (χ3v) is 4.93. The molecule has 4 rings (SSSR count). The minimum atomic E-state index is -0.816. The summed E-state index contributed by atoms with van der Waals surface area (Å²) in [4.78, 5) is 36.5. The first-order chi connectivity index (χ1) is 13.8. The van der Waals surface area contributed by atoms with Gasteiger partial charge in [-0.1, -0.05) is 11.6 Å². The van der Waals surface area contributed by atoms with Gasteiger partial charge >= 0.3 is 11.6 Å². The molecule has 7 heteroatoms. The van der Waals surface area contributed by atoms with Gasteiger partial charge in [-0.25, -0.2) is 9.59 Å². The summed E-state index contributed by atoms with van der Waals surface area (Å²) in [6, 6.07) is 10.5. The van der Waals surface area contributed by atoms with E-state index in [0.717, 1.165) is 17.2 Å². The summed E-state index contributed by atoms with van der Waals surface area (Å²) >= 11 is 5.89. The van der Waals surface area contributed by atoms with Crippen molar-refractivity contribution >= 4 is 39.5 Å². The molecule has 146 valence electrons. The standard InChI is InChI=1S/C22H15ClO6/c1-11-5-15-13(7-21(25)29-19(15)6-12(11)2)10-27-22(26)20-9-17(24)16-8-14(23)3-4-18(16)28-20/h3-9H,10H2,1-2H3. The molecule has 0 saturated carbocycles. The third kappa shape index (κ3) is 3.67. The van der Waals surface area contributed by atoms with Crippen LogP contribution in [0.5, 0.6) is 0 Å². The minimum absolute atomic E-state index is 0.175. The number of fused-ring (bicyclic) bond motifs is 2. The first kappa shape index (κ1) is 19.0. The van der Waals surface area contributed by atoms with Crippen molar-refractivity contribution in [3.63, 3.8) is 0 Å². The van der Waals surface area contributed by atoms with E-state index in [1.165, 1.54) is 18.2 Å². The Morgan fingerprint density at radius 2 is 1.69 bits per heavy atom. The predicted octanol–water partition coefficient (Wildman–Crippen LogP) is 4.53. The predicted molar refractivity (Wildman–Crippen MR) is 109 cm³/mol. The fraction of sp³-hybridized carbons (Fsp3) is 0.136. The number of ether oxygens (including phenoxy) is 1. The number of halogens is 1. The van der Waals surface area contributed by atoms with Gasteiger partial charge in [-0.2, -0.15) is 0 Å². The molecule has 2 aromatic carbocycles. The second kappa shape index (κ2) is 7.22. The monoisotopic (exact) mass is 410 g/mol. The topological polar surface area (TPSA) is 86.7 Å². The molecule has 0 aliphatic rings. The number of esters is 1. The summed E-state index contributed by atoms with van der Waals surface area (Å²) in [5, 5.41) is 1.34. The van der Waals surface area contributed by atoms with Gasteiger partial charge < -0.3 is 13.6 Å². The van der Waals surface area contributed by atoms with E-state index in [4.69, 9.17) is 25.2 Å². The number of carbonyl (C=O) groups excluding carboxylic acids is 1. The van der Waals surface area contributed by atoms with Crippen LogP contribution >= 0.6 is 11.6 Å². The van der Waals surface area contributed by atoms with E-state index in [1.54, 1.807) is 12.1 Å². The Morgan fingerprint density at radius 1 is 0.931 bits per heavy atom. The normalized spacial score (nSPS) is 11.1. The molecule has 4 aromatic rings. The number of rotatable bonds is 3. The van der Waals surface area contributed by atoms with Crippen LogP contribution < -0.4 is 11.1 Å². The van der Waals surface area contributed by atoms with Crippen LogP contribution in [0.4, 0.5) is 0 Å². The van der Waals surface area contributed by atoms with Crippen molar-refractivity contribution in [1.82, 2.24) is 0 Å². The lowest BCUT2D eigenvalue weighted by atomic mass is 10.0. The van der Waals surface area contributed by atoms with Crippen LogP contribution in [0, 0.1) is 13.8 Å². The highest BCUT2D eigenvalue weighted by molar-refractivity contribution is 6.31. The average Bonchev–Trinajstić information content (AvgIpc) is 2.67. The number of hydrogen-bond acceptors (Lipinski definition) is 6. The minimum Gasteiger partial charge on any atom is -0.455 e. The highest BCUT2D eigenvalue weighted by Gasteiger charge is 2.16. The van der Waals surface area contributed by atoms with Crippen molar-refractivity contribution < 1.29 is 18.4 Å².